The quantitative estimate of drug-likeness (QED) is 0.688. The maximum absolute atomic E-state index is 11.6. The fraction of sp³-hybridized carbons (Fsp3) is 0.429. The van der Waals surface area contributed by atoms with E-state index in [1.807, 2.05) is 38.1 Å². The van der Waals surface area contributed by atoms with E-state index in [0.717, 1.165) is 17.7 Å². The molecule has 0 saturated carbocycles. The van der Waals surface area contributed by atoms with Crippen LogP contribution in [0.5, 0.6) is 0 Å². The van der Waals surface area contributed by atoms with E-state index < -0.39 is 0 Å². The van der Waals surface area contributed by atoms with Crippen LogP contribution in [0.25, 0.3) is 0 Å². The lowest BCUT2D eigenvalue weighted by Gasteiger charge is -2.07. The highest BCUT2D eigenvalue weighted by Crippen LogP contribution is 2.08. The maximum Gasteiger partial charge on any atom is 0.238 e. The Labute approximate surface area is 113 Å². The van der Waals surface area contributed by atoms with E-state index in [4.69, 9.17) is 0 Å². The maximum atomic E-state index is 11.6. The fourth-order valence-corrected chi connectivity index (χ4v) is 1.54. The second-order valence-corrected chi connectivity index (χ2v) is 4.37. The lowest BCUT2D eigenvalue weighted by molar-refractivity contribution is -0.120. The number of aryl methyl sites for hydroxylation is 1. The van der Waals surface area contributed by atoms with E-state index in [9.17, 15) is 9.59 Å². The van der Waals surface area contributed by atoms with Gasteiger partial charge < -0.3 is 10.6 Å². The molecule has 0 saturated heterocycles. The monoisotopic (exact) mass is 263 g/mol. The number of carbonyl (C=O) groups is 2. The van der Waals surface area contributed by atoms with Crippen molar-refractivity contribution in [3.63, 3.8) is 0 Å². The van der Waals surface area contributed by atoms with E-state index in [2.05, 4.69) is 16.0 Å². The van der Waals surface area contributed by atoms with Gasteiger partial charge in [0.1, 0.15) is 0 Å². The van der Waals surface area contributed by atoms with Crippen molar-refractivity contribution in [1.82, 2.24) is 10.6 Å². The lowest BCUT2D eigenvalue weighted by atomic mass is 10.2. The van der Waals surface area contributed by atoms with E-state index in [-0.39, 0.29) is 24.9 Å². The smallest absolute Gasteiger partial charge is 0.238 e. The van der Waals surface area contributed by atoms with Crippen LogP contribution in [0.3, 0.4) is 0 Å². The minimum absolute atomic E-state index is 0.0924. The van der Waals surface area contributed by atoms with Crippen molar-refractivity contribution in [2.24, 2.45) is 0 Å². The second kappa shape index (κ2) is 8.26. The summed E-state index contributed by atoms with van der Waals surface area (Å²) in [6, 6.07) is 7.58. The number of amides is 2. The van der Waals surface area contributed by atoms with Crippen molar-refractivity contribution < 1.29 is 9.59 Å². The van der Waals surface area contributed by atoms with Crippen molar-refractivity contribution in [2.75, 3.05) is 25.0 Å². The molecule has 3 N–H and O–H groups in total. The summed E-state index contributed by atoms with van der Waals surface area (Å²) in [4.78, 5) is 22.9. The zero-order chi connectivity index (χ0) is 14.1. The third-order valence-electron chi connectivity index (χ3n) is 2.45. The molecule has 5 nitrogen and oxygen atoms in total. The number of rotatable bonds is 7. The van der Waals surface area contributed by atoms with Crippen LogP contribution >= 0.6 is 0 Å². The number of benzene rings is 1. The zero-order valence-electron chi connectivity index (χ0n) is 11.5. The fourth-order valence-electron chi connectivity index (χ4n) is 1.54. The summed E-state index contributed by atoms with van der Waals surface area (Å²) in [7, 11) is 0. The van der Waals surface area contributed by atoms with Crippen LogP contribution in [0.1, 0.15) is 18.9 Å². The Morgan fingerprint density at radius 3 is 2.58 bits per heavy atom. The molecule has 0 aliphatic carbocycles. The molecule has 0 bridgehead atoms. The summed E-state index contributed by atoms with van der Waals surface area (Å²) in [6.07, 6.45) is 0.902. The first kappa shape index (κ1) is 15.2. The molecule has 0 aliphatic rings. The molecule has 0 atom stereocenters. The average Bonchev–Trinajstić information content (AvgIpc) is 2.36. The molecule has 0 aliphatic heterocycles. The van der Waals surface area contributed by atoms with Crippen molar-refractivity contribution >= 4 is 17.5 Å². The average molecular weight is 263 g/mol. The highest BCUT2D eigenvalue weighted by Gasteiger charge is 2.04. The molecule has 0 aromatic heterocycles. The predicted molar refractivity (Wildman–Crippen MR) is 76.0 cm³/mol. The topological polar surface area (TPSA) is 70.2 Å². The van der Waals surface area contributed by atoms with Gasteiger partial charge >= 0.3 is 0 Å². The van der Waals surface area contributed by atoms with E-state index in [1.54, 1.807) is 0 Å². The van der Waals surface area contributed by atoms with Gasteiger partial charge in [0.15, 0.2) is 0 Å². The van der Waals surface area contributed by atoms with Gasteiger partial charge in [0.25, 0.3) is 0 Å². The zero-order valence-corrected chi connectivity index (χ0v) is 11.5. The minimum Gasteiger partial charge on any atom is -0.355 e. The van der Waals surface area contributed by atoms with E-state index in [1.165, 1.54) is 0 Å². The Balaban J connectivity index is 2.23. The Hall–Kier alpha value is -1.88. The summed E-state index contributed by atoms with van der Waals surface area (Å²) < 4.78 is 0. The SMILES string of the molecule is CCCNC(=O)CNCC(=O)Nc1cccc(C)c1. The Morgan fingerprint density at radius 2 is 1.89 bits per heavy atom. The normalized spacial score (nSPS) is 10.0. The molecular weight excluding hydrogens is 242 g/mol. The third-order valence-corrected chi connectivity index (χ3v) is 2.45. The molecule has 1 rings (SSSR count). The Morgan fingerprint density at radius 1 is 1.16 bits per heavy atom. The van der Waals surface area contributed by atoms with Gasteiger partial charge in [-0.25, -0.2) is 0 Å². The van der Waals surface area contributed by atoms with Crippen molar-refractivity contribution in [3.8, 4) is 0 Å². The summed E-state index contributed by atoms with van der Waals surface area (Å²) >= 11 is 0. The number of nitrogens with one attached hydrogen (secondary N) is 3. The van der Waals surface area contributed by atoms with Crippen LogP contribution in [-0.4, -0.2) is 31.4 Å². The molecule has 0 fully saturated rings. The van der Waals surface area contributed by atoms with Gasteiger partial charge in [-0.3, -0.25) is 14.9 Å². The summed E-state index contributed by atoms with van der Waals surface area (Å²) in [6.45, 7) is 4.89. The van der Waals surface area contributed by atoms with Gasteiger partial charge in [-0.2, -0.15) is 0 Å². The largest absolute Gasteiger partial charge is 0.355 e. The Kier molecular flexibility index (Phi) is 6.60. The van der Waals surface area contributed by atoms with Gasteiger partial charge in [-0.05, 0) is 31.0 Å². The van der Waals surface area contributed by atoms with Gasteiger partial charge in [0.05, 0.1) is 13.1 Å². The molecule has 19 heavy (non-hydrogen) atoms. The molecule has 104 valence electrons. The standard InChI is InChI=1S/C14H21N3O2/c1-3-7-16-13(18)9-15-10-14(19)17-12-6-4-5-11(2)8-12/h4-6,8,15H,3,7,9-10H2,1-2H3,(H,16,18)(H,17,19). The second-order valence-electron chi connectivity index (χ2n) is 4.37. The van der Waals surface area contributed by atoms with Crippen LogP contribution in [0, 0.1) is 6.92 Å². The molecule has 0 heterocycles. The Bertz CT molecular complexity index is 432. The van der Waals surface area contributed by atoms with Crippen LogP contribution in [0.15, 0.2) is 24.3 Å². The number of hydrogen-bond acceptors (Lipinski definition) is 3. The minimum atomic E-state index is -0.158. The van der Waals surface area contributed by atoms with Crippen LogP contribution in [-0.2, 0) is 9.59 Å². The van der Waals surface area contributed by atoms with Crippen molar-refractivity contribution in [3.05, 3.63) is 29.8 Å². The molecule has 1 aromatic carbocycles. The summed E-state index contributed by atoms with van der Waals surface area (Å²) in [5.74, 6) is -0.251. The van der Waals surface area contributed by atoms with Crippen LogP contribution in [0.4, 0.5) is 5.69 Å². The molecule has 0 spiro atoms. The molecule has 2 amide bonds. The van der Waals surface area contributed by atoms with Gasteiger partial charge in [-0.15, -0.1) is 0 Å². The number of anilines is 1. The predicted octanol–water partition coefficient (Wildman–Crippen LogP) is 1.05. The van der Waals surface area contributed by atoms with Crippen LogP contribution in [0.2, 0.25) is 0 Å². The highest BCUT2D eigenvalue weighted by molar-refractivity contribution is 5.92. The summed E-state index contributed by atoms with van der Waals surface area (Å²) in [5, 5.41) is 8.30. The first-order chi connectivity index (χ1) is 9.11. The molecule has 5 heteroatoms. The van der Waals surface area contributed by atoms with Crippen molar-refractivity contribution in [1.29, 1.82) is 0 Å². The molecule has 0 radical (unpaired) electrons. The molecule has 0 unspecified atom stereocenters. The molecular formula is C14H21N3O2. The number of hydrogen-bond donors (Lipinski definition) is 3. The van der Waals surface area contributed by atoms with Gasteiger partial charge in [-0.1, -0.05) is 19.1 Å². The third kappa shape index (κ3) is 6.57. The number of carbonyl (C=O) groups excluding carboxylic acids is 2. The van der Waals surface area contributed by atoms with E-state index >= 15 is 0 Å². The first-order valence-electron chi connectivity index (χ1n) is 6.45. The van der Waals surface area contributed by atoms with Crippen molar-refractivity contribution in [2.45, 2.75) is 20.3 Å². The van der Waals surface area contributed by atoms with E-state index in [0.29, 0.717) is 6.54 Å². The highest BCUT2D eigenvalue weighted by atomic mass is 16.2. The molecule has 1 aromatic rings. The van der Waals surface area contributed by atoms with Gasteiger partial charge in [0.2, 0.25) is 11.8 Å². The van der Waals surface area contributed by atoms with Crippen LogP contribution < -0.4 is 16.0 Å². The first-order valence-corrected chi connectivity index (χ1v) is 6.45. The van der Waals surface area contributed by atoms with Gasteiger partial charge in [0, 0.05) is 12.2 Å². The lowest BCUT2D eigenvalue weighted by Crippen LogP contribution is -2.37. The summed E-state index contributed by atoms with van der Waals surface area (Å²) in [5.41, 5.74) is 1.85.